The summed E-state index contributed by atoms with van der Waals surface area (Å²) in [4.78, 5) is 23.2. The summed E-state index contributed by atoms with van der Waals surface area (Å²) >= 11 is 0. The normalized spacial score (nSPS) is 12.8. The summed E-state index contributed by atoms with van der Waals surface area (Å²) in [5, 5.41) is 4.26. The van der Waals surface area contributed by atoms with Gasteiger partial charge in [-0.05, 0) is 42.8 Å². The van der Waals surface area contributed by atoms with Crippen LogP contribution in [0.3, 0.4) is 0 Å². The van der Waals surface area contributed by atoms with E-state index in [0.29, 0.717) is 5.65 Å². The monoisotopic (exact) mass is 419 g/mol. The zero-order valence-corrected chi connectivity index (χ0v) is 16.6. The first-order chi connectivity index (χ1) is 14.9. The number of amides is 1. The quantitative estimate of drug-likeness (QED) is 0.264. The SMILES string of the molecule is C=C(N)/C(F)=C(C(=O)Nc1cnc2[nH]c(-c3ccc4[nH]ccc4c3)cc2c1)\C(F)=C/C. The Balaban J connectivity index is 1.65. The summed E-state index contributed by atoms with van der Waals surface area (Å²) < 4.78 is 28.3. The third-order valence-electron chi connectivity index (χ3n) is 4.81. The molecule has 0 saturated carbocycles. The van der Waals surface area contributed by atoms with Crippen LogP contribution in [0.15, 0.2) is 84.4 Å². The van der Waals surface area contributed by atoms with Gasteiger partial charge in [0.2, 0.25) is 0 Å². The first-order valence-electron chi connectivity index (χ1n) is 9.41. The molecule has 1 amide bonds. The highest BCUT2D eigenvalue weighted by Crippen LogP contribution is 2.28. The molecule has 156 valence electrons. The van der Waals surface area contributed by atoms with E-state index in [1.165, 1.54) is 13.1 Å². The van der Waals surface area contributed by atoms with E-state index in [4.69, 9.17) is 5.73 Å². The standard InChI is InChI=1S/C23H19F2N5O/c1-3-17(24)20(21(25)12(2)26)23(31)29-16-9-15-10-19(30-22(15)28-11-16)13-4-5-18-14(8-13)6-7-27-18/h3-11,27H,2,26H2,1H3,(H,28,30)(H,29,31)/b17-3+,21-20-. The zero-order valence-electron chi connectivity index (χ0n) is 16.6. The maximum absolute atomic E-state index is 14.2. The Morgan fingerprint density at radius 2 is 2.00 bits per heavy atom. The Hall–Kier alpha value is -4.20. The molecule has 0 radical (unpaired) electrons. The lowest BCUT2D eigenvalue weighted by Crippen LogP contribution is -2.17. The number of hydrogen-bond donors (Lipinski definition) is 4. The predicted octanol–water partition coefficient (Wildman–Crippen LogP) is 5.22. The van der Waals surface area contributed by atoms with Crippen molar-refractivity contribution in [1.82, 2.24) is 15.0 Å². The number of aromatic amines is 2. The van der Waals surface area contributed by atoms with Crippen molar-refractivity contribution in [3.8, 4) is 11.3 Å². The van der Waals surface area contributed by atoms with E-state index in [0.717, 1.165) is 33.6 Å². The third kappa shape index (κ3) is 3.83. The van der Waals surface area contributed by atoms with Crippen molar-refractivity contribution in [2.45, 2.75) is 6.92 Å². The number of benzene rings is 1. The first-order valence-corrected chi connectivity index (χ1v) is 9.41. The van der Waals surface area contributed by atoms with Crippen molar-refractivity contribution in [3.63, 3.8) is 0 Å². The van der Waals surface area contributed by atoms with Crippen LogP contribution in [0.1, 0.15) is 6.92 Å². The van der Waals surface area contributed by atoms with Crippen molar-refractivity contribution in [2.75, 3.05) is 5.32 Å². The van der Waals surface area contributed by atoms with Gasteiger partial charge in [0.25, 0.3) is 5.91 Å². The minimum atomic E-state index is -1.22. The summed E-state index contributed by atoms with van der Waals surface area (Å²) in [6, 6.07) is 11.5. The third-order valence-corrected chi connectivity index (χ3v) is 4.81. The van der Waals surface area contributed by atoms with Gasteiger partial charge in [0.05, 0.1) is 17.6 Å². The second-order valence-electron chi connectivity index (χ2n) is 6.93. The summed E-state index contributed by atoms with van der Waals surface area (Å²) in [6.45, 7) is 4.56. The molecule has 31 heavy (non-hydrogen) atoms. The molecule has 0 fully saturated rings. The average Bonchev–Trinajstić information content (AvgIpc) is 3.39. The Bertz CT molecular complexity index is 1390. The number of allylic oxidation sites excluding steroid dienone is 2. The minimum Gasteiger partial charge on any atom is -0.397 e. The van der Waals surface area contributed by atoms with Crippen LogP contribution in [-0.2, 0) is 4.79 Å². The molecule has 5 N–H and O–H groups in total. The molecule has 8 heteroatoms. The lowest BCUT2D eigenvalue weighted by Gasteiger charge is -2.09. The number of fused-ring (bicyclic) bond motifs is 2. The zero-order chi connectivity index (χ0) is 22.1. The summed E-state index contributed by atoms with van der Waals surface area (Å²) in [5.41, 5.74) is 7.69. The predicted molar refractivity (Wildman–Crippen MR) is 118 cm³/mol. The number of nitrogens with two attached hydrogens (primary N) is 1. The Kier molecular flexibility index (Phi) is 5.12. The van der Waals surface area contributed by atoms with Crippen molar-refractivity contribution in [3.05, 3.63) is 84.4 Å². The summed E-state index contributed by atoms with van der Waals surface area (Å²) in [6.07, 6.45) is 4.24. The van der Waals surface area contributed by atoms with E-state index in [9.17, 15) is 13.6 Å². The van der Waals surface area contributed by atoms with Gasteiger partial charge in [-0.3, -0.25) is 4.79 Å². The number of carbonyl (C=O) groups is 1. The number of rotatable bonds is 5. The Labute approximate surface area is 176 Å². The van der Waals surface area contributed by atoms with E-state index in [2.05, 4.69) is 26.8 Å². The highest BCUT2D eigenvalue weighted by molar-refractivity contribution is 6.07. The van der Waals surface area contributed by atoms with Crippen LogP contribution in [-0.4, -0.2) is 20.9 Å². The molecule has 3 aromatic heterocycles. The van der Waals surface area contributed by atoms with Gasteiger partial charge in [-0.25, -0.2) is 13.8 Å². The molecule has 0 aliphatic carbocycles. The van der Waals surface area contributed by atoms with Gasteiger partial charge in [-0.2, -0.15) is 0 Å². The van der Waals surface area contributed by atoms with E-state index < -0.39 is 28.8 Å². The molecule has 4 aromatic rings. The molecule has 0 bridgehead atoms. The van der Waals surface area contributed by atoms with Gasteiger partial charge in [0.1, 0.15) is 17.0 Å². The largest absolute Gasteiger partial charge is 0.397 e. The van der Waals surface area contributed by atoms with E-state index in [1.54, 1.807) is 6.07 Å². The molecule has 0 aliphatic heterocycles. The van der Waals surface area contributed by atoms with Crippen LogP contribution in [0.5, 0.6) is 0 Å². The van der Waals surface area contributed by atoms with E-state index in [1.807, 2.05) is 36.5 Å². The Morgan fingerprint density at radius 3 is 2.74 bits per heavy atom. The molecule has 6 nitrogen and oxygen atoms in total. The number of aromatic nitrogens is 3. The van der Waals surface area contributed by atoms with Crippen LogP contribution in [0.25, 0.3) is 33.2 Å². The number of carbonyl (C=O) groups excluding carboxylic acids is 1. The molecule has 0 aliphatic rings. The fraction of sp³-hybridized carbons (Fsp3) is 0.0435. The molecule has 3 heterocycles. The maximum Gasteiger partial charge on any atom is 0.261 e. The first kappa shape index (κ1) is 20.1. The molecule has 0 spiro atoms. The molecular weight excluding hydrogens is 400 g/mol. The van der Waals surface area contributed by atoms with Crippen LogP contribution < -0.4 is 11.1 Å². The second kappa shape index (κ2) is 7.91. The fourth-order valence-electron chi connectivity index (χ4n) is 3.27. The van der Waals surface area contributed by atoms with Crippen molar-refractivity contribution in [1.29, 1.82) is 0 Å². The topological polar surface area (TPSA) is 99.6 Å². The van der Waals surface area contributed by atoms with Crippen molar-refractivity contribution < 1.29 is 13.6 Å². The highest BCUT2D eigenvalue weighted by Gasteiger charge is 2.21. The van der Waals surface area contributed by atoms with Gasteiger partial charge in [-0.1, -0.05) is 18.7 Å². The summed E-state index contributed by atoms with van der Waals surface area (Å²) in [5.74, 6) is -3.25. The van der Waals surface area contributed by atoms with Gasteiger partial charge in [0, 0.05) is 28.2 Å². The number of hydrogen-bond acceptors (Lipinski definition) is 3. The fourth-order valence-corrected chi connectivity index (χ4v) is 3.27. The van der Waals surface area contributed by atoms with Crippen LogP contribution in [0, 0.1) is 0 Å². The van der Waals surface area contributed by atoms with Gasteiger partial charge in [-0.15, -0.1) is 0 Å². The van der Waals surface area contributed by atoms with Gasteiger partial charge in [0.15, 0.2) is 5.83 Å². The van der Waals surface area contributed by atoms with Crippen LogP contribution >= 0.6 is 0 Å². The maximum atomic E-state index is 14.2. The molecule has 0 atom stereocenters. The minimum absolute atomic E-state index is 0.279. The molecular formula is C23H19F2N5O. The number of anilines is 1. The van der Waals surface area contributed by atoms with Crippen molar-refractivity contribution >= 4 is 33.5 Å². The highest BCUT2D eigenvalue weighted by atomic mass is 19.1. The lowest BCUT2D eigenvalue weighted by atomic mass is 10.1. The van der Waals surface area contributed by atoms with E-state index in [-0.39, 0.29) is 5.69 Å². The smallest absolute Gasteiger partial charge is 0.261 e. The summed E-state index contributed by atoms with van der Waals surface area (Å²) in [7, 11) is 0. The molecule has 1 aromatic carbocycles. The van der Waals surface area contributed by atoms with Crippen LogP contribution in [0.2, 0.25) is 0 Å². The number of H-pyrrole nitrogens is 2. The number of halogens is 2. The van der Waals surface area contributed by atoms with Gasteiger partial charge < -0.3 is 21.0 Å². The van der Waals surface area contributed by atoms with E-state index >= 15 is 0 Å². The Morgan fingerprint density at radius 1 is 1.19 bits per heavy atom. The number of nitrogens with one attached hydrogen (secondary N) is 3. The number of pyridine rings is 1. The molecule has 0 unspecified atom stereocenters. The van der Waals surface area contributed by atoms with Crippen LogP contribution in [0.4, 0.5) is 14.5 Å². The molecule has 0 saturated heterocycles. The average molecular weight is 419 g/mol. The second-order valence-corrected chi connectivity index (χ2v) is 6.93. The lowest BCUT2D eigenvalue weighted by molar-refractivity contribution is -0.112. The van der Waals surface area contributed by atoms with Gasteiger partial charge >= 0.3 is 0 Å². The number of nitrogens with zero attached hydrogens (tertiary/aromatic N) is 1. The van der Waals surface area contributed by atoms with Crippen molar-refractivity contribution in [2.24, 2.45) is 5.73 Å². The molecule has 4 rings (SSSR count).